The van der Waals surface area contributed by atoms with Crippen LogP contribution in [0.4, 0.5) is 10.2 Å². The van der Waals surface area contributed by atoms with Crippen molar-refractivity contribution in [2.45, 2.75) is 25.6 Å². The van der Waals surface area contributed by atoms with Crippen molar-refractivity contribution in [1.29, 1.82) is 0 Å². The van der Waals surface area contributed by atoms with E-state index in [2.05, 4.69) is 9.97 Å². The summed E-state index contributed by atoms with van der Waals surface area (Å²) in [7, 11) is 0. The Kier molecular flexibility index (Phi) is 3.11. The molecule has 0 aromatic carbocycles. The maximum Gasteiger partial charge on any atom is 0.132 e. The molecule has 1 fully saturated rings. The summed E-state index contributed by atoms with van der Waals surface area (Å²) < 4.78 is 12.4. The molecule has 4 nitrogen and oxygen atoms in total. The van der Waals surface area contributed by atoms with Gasteiger partial charge in [0.2, 0.25) is 0 Å². The predicted molar refractivity (Wildman–Crippen MR) is 54.3 cm³/mol. The van der Waals surface area contributed by atoms with E-state index in [1.807, 2.05) is 4.90 Å². The molecule has 1 N–H and O–H groups in total. The molecule has 1 unspecified atom stereocenters. The molecule has 1 saturated heterocycles. The zero-order chi connectivity index (χ0) is 10.7. The van der Waals surface area contributed by atoms with Gasteiger partial charge in [-0.3, -0.25) is 0 Å². The number of aliphatic hydroxyl groups excluding tert-OH is 1. The van der Waals surface area contributed by atoms with Crippen LogP contribution in [0.2, 0.25) is 0 Å². The van der Waals surface area contributed by atoms with Crippen LogP contribution in [-0.2, 0) is 6.67 Å². The summed E-state index contributed by atoms with van der Waals surface area (Å²) in [5.41, 5.74) is 0.389. The number of hydrogen-bond donors (Lipinski definition) is 1. The van der Waals surface area contributed by atoms with Gasteiger partial charge in [0.15, 0.2) is 0 Å². The summed E-state index contributed by atoms with van der Waals surface area (Å²) in [4.78, 5) is 9.85. The van der Waals surface area contributed by atoms with Gasteiger partial charge in [-0.2, -0.15) is 0 Å². The van der Waals surface area contributed by atoms with Gasteiger partial charge in [0.05, 0.1) is 11.8 Å². The number of β-amino-alcohol motifs (C(OH)–C–C–N with tert-alkyl or cyclic N) is 1. The summed E-state index contributed by atoms with van der Waals surface area (Å²) in [6.07, 6.45) is 2.83. The minimum Gasteiger partial charge on any atom is -0.391 e. The molecule has 1 aromatic rings. The van der Waals surface area contributed by atoms with Gasteiger partial charge in [-0.05, 0) is 12.8 Å². The summed E-state index contributed by atoms with van der Waals surface area (Å²) in [6.45, 7) is 0.856. The number of piperidine rings is 1. The molecule has 0 bridgehead atoms. The predicted octanol–water partition coefficient (Wildman–Crippen LogP) is 0.907. The summed E-state index contributed by atoms with van der Waals surface area (Å²) in [6, 6.07) is 1.64. The largest absolute Gasteiger partial charge is 0.391 e. The Bertz CT molecular complexity index is 334. The van der Waals surface area contributed by atoms with E-state index in [0.717, 1.165) is 19.4 Å². The smallest absolute Gasteiger partial charge is 0.132 e. The summed E-state index contributed by atoms with van der Waals surface area (Å²) >= 11 is 0. The second kappa shape index (κ2) is 4.53. The normalized spacial score (nSPS) is 21.7. The third-order valence-electron chi connectivity index (χ3n) is 2.57. The van der Waals surface area contributed by atoms with Crippen LogP contribution in [-0.4, -0.2) is 34.3 Å². The first kappa shape index (κ1) is 10.3. The number of rotatable bonds is 2. The topological polar surface area (TPSA) is 49.2 Å². The van der Waals surface area contributed by atoms with Crippen molar-refractivity contribution >= 4 is 5.82 Å². The molecular weight excluding hydrogens is 197 g/mol. The van der Waals surface area contributed by atoms with Crippen molar-refractivity contribution in [2.24, 2.45) is 0 Å². The van der Waals surface area contributed by atoms with Gasteiger partial charge < -0.3 is 10.0 Å². The highest BCUT2D eigenvalue weighted by atomic mass is 19.1. The SMILES string of the molecule is OC1CCCN(c2cc(CF)ncn2)C1. The molecule has 0 spiro atoms. The molecule has 0 saturated carbocycles. The molecular formula is C10H14FN3O. The Morgan fingerprint density at radius 1 is 1.53 bits per heavy atom. The van der Waals surface area contributed by atoms with Crippen molar-refractivity contribution in [3.05, 3.63) is 18.1 Å². The second-order valence-corrected chi connectivity index (χ2v) is 3.74. The van der Waals surface area contributed by atoms with Gasteiger partial charge in [0.1, 0.15) is 18.8 Å². The molecule has 0 radical (unpaired) electrons. The van der Waals surface area contributed by atoms with Crippen LogP contribution in [0.5, 0.6) is 0 Å². The highest BCUT2D eigenvalue weighted by Gasteiger charge is 2.18. The van der Waals surface area contributed by atoms with Gasteiger partial charge in [-0.1, -0.05) is 0 Å². The van der Waals surface area contributed by atoms with E-state index in [1.165, 1.54) is 6.33 Å². The minimum atomic E-state index is -0.577. The third-order valence-corrected chi connectivity index (χ3v) is 2.57. The Morgan fingerprint density at radius 3 is 3.13 bits per heavy atom. The molecule has 1 atom stereocenters. The van der Waals surface area contributed by atoms with E-state index in [4.69, 9.17) is 0 Å². The average Bonchev–Trinajstić information content (AvgIpc) is 2.29. The van der Waals surface area contributed by atoms with Crippen LogP contribution in [0.1, 0.15) is 18.5 Å². The summed E-state index contributed by atoms with van der Waals surface area (Å²) in [5.74, 6) is 0.705. The number of aliphatic hydroxyl groups is 1. The van der Waals surface area contributed by atoms with Crippen LogP contribution in [0, 0.1) is 0 Å². The van der Waals surface area contributed by atoms with Gasteiger partial charge >= 0.3 is 0 Å². The Hall–Kier alpha value is -1.23. The Morgan fingerprint density at radius 2 is 2.40 bits per heavy atom. The highest BCUT2D eigenvalue weighted by Crippen LogP contribution is 2.17. The van der Waals surface area contributed by atoms with Gasteiger partial charge in [0.25, 0.3) is 0 Å². The maximum atomic E-state index is 12.4. The molecule has 2 rings (SSSR count). The van der Waals surface area contributed by atoms with E-state index in [1.54, 1.807) is 6.07 Å². The van der Waals surface area contributed by atoms with E-state index in [-0.39, 0.29) is 6.10 Å². The van der Waals surface area contributed by atoms with Crippen molar-refractivity contribution < 1.29 is 9.50 Å². The Labute approximate surface area is 87.8 Å². The molecule has 82 valence electrons. The van der Waals surface area contributed by atoms with E-state index >= 15 is 0 Å². The lowest BCUT2D eigenvalue weighted by Gasteiger charge is -2.30. The molecule has 5 heteroatoms. The maximum absolute atomic E-state index is 12.4. The lowest BCUT2D eigenvalue weighted by atomic mass is 10.1. The molecule has 2 heterocycles. The molecule has 0 amide bonds. The van der Waals surface area contributed by atoms with Crippen molar-refractivity contribution in [2.75, 3.05) is 18.0 Å². The Balaban J connectivity index is 2.13. The van der Waals surface area contributed by atoms with Crippen molar-refractivity contribution in [1.82, 2.24) is 9.97 Å². The van der Waals surface area contributed by atoms with Gasteiger partial charge in [-0.15, -0.1) is 0 Å². The monoisotopic (exact) mass is 211 g/mol. The quantitative estimate of drug-likeness (QED) is 0.789. The van der Waals surface area contributed by atoms with Crippen LogP contribution >= 0.6 is 0 Å². The van der Waals surface area contributed by atoms with E-state index in [0.29, 0.717) is 18.1 Å². The lowest BCUT2D eigenvalue weighted by Crippen LogP contribution is -2.38. The van der Waals surface area contributed by atoms with Gasteiger partial charge in [0, 0.05) is 19.2 Å². The second-order valence-electron chi connectivity index (χ2n) is 3.74. The van der Waals surface area contributed by atoms with Crippen LogP contribution in [0.3, 0.4) is 0 Å². The van der Waals surface area contributed by atoms with Crippen LogP contribution in [0.15, 0.2) is 12.4 Å². The number of halogens is 1. The van der Waals surface area contributed by atoms with E-state index in [9.17, 15) is 9.50 Å². The molecule has 15 heavy (non-hydrogen) atoms. The van der Waals surface area contributed by atoms with E-state index < -0.39 is 6.67 Å². The number of aromatic nitrogens is 2. The third kappa shape index (κ3) is 2.41. The minimum absolute atomic E-state index is 0.303. The standard InChI is InChI=1S/C10H14FN3O/c11-5-8-4-10(13-7-12-8)14-3-1-2-9(15)6-14/h4,7,9,15H,1-3,5-6H2. The molecule has 1 aromatic heterocycles. The lowest BCUT2D eigenvalue weighted by molar-refractivity contribution is 0.154. The van der Waals surface area contributed by atoms with Crippen LogP contribution < -0.4 is 4.90 Å². The van der Waals surface area contributed by atoms with Crippen molar-refractivity contribution in [3.63, 3.8) is 0 Å². The fraction of sp³-hybridized carbons (Fsp3) is 0.600. The number of anilines is 1. The zero-order valence-electron chi connectivity index (χ0n) is 8.43. The molecule has 1 aliphatic rings. The average molecular weight is 211 g/mol. The first-order valence-corrected chi connectivity index (χ1v) is 5.09. The van der Waals surface area contributed by atoms with Crippen LogP contribution in [0.25, 0.3) is 0 Å². The number of hydrogen-bond acceptors (Lipinski definition) is 4. The number of alkyl halides is 1. The van der Waals surface area contributed by atoms with Gasteiger partial charge in [-0.25, -0.2) is 14.4 Å². The first-order chi connectivity index (χ1) is 7.29. The zero-order valence-corrected chi connectivity index (χ0v) is 8.43. The fourth-order valence-electron chi connectivity index (χ4n) is 1.79. The summed E-state index contributed by atoms with van der Waals surface area (Å²) in [5, 5.41) is 9.51. The highest BCUT2D eigenvalue weighted by molar-refractivity contribution is 5.39. The molecule has 0 aliphatic carbocycles. The number of nitrogens with zero attached hydrogens (tertiary/aromatic N) is 3. The first-order valence-electron chi connectivity index (χ1n) is 5.09. The molecule has 1 aliphatic heterocycles. The van der Waals surface area contributed by atoms with Crippen molar-refractivity contribution in [3.8, 4) is 0 Å². The fourth-order valence-corrected chi connectivity index (χ4v) is 1.79.